The summed E-state index contributed by atoms with van der Waals surface area (Å²) in [5.74, 6) is 0.875. The summed E-state index contributed by atoms with van der Waals surface area (Å²) in [4.78, 5) is 0. The molecule has 1 atom stereocenters. The van der Waals surface area contributed by atoms with Gasteiger partial charge in [-0.25, -0.2) is 0 Å². The minimum atomic E-state index is 0.281. The Morgan fingerprint density at radius 3 is 2.30 bits per heavy atom. The van der Waals surface area contributed by atoms with E-state index in [0.29, 0.717) is 0 Å². The number of hydrogen-bond acceptors (Lipinski definition) is 2. The molecule has 0 heterocycles. The number of benzene rings is 2. The summed E-state index contributed by atoms with van der Waals surface area (Å²) in [5.41, 5.74) is 3.62. The zero-order valence-corrected chi connectivity index (χ0v) is 12.3. The van der Waals surface area contributed by atoms with Gasteiger partial charge in [0.1, 0.15) is 5.75 Å². The van der Waals surface area contributed by atoms with Crippen molar-refractivity contribution in [1.82, 2.24) is 0 Å². The van der Waals surface area contributed by atoms with Crippen LogP contribution in [0.5, 0.6) is 5.75 Å². The van der Waals surface area contributed by atoms with Crippen LogP contribution in [0.25, 0.3) is 6.08 Å². The van der Waals surface area contributed by atoms with E-state index in [1.165, 1.54) is 11.1 Å². The molecular formula is C18H21NO. The molecule has 0 spiro atoms. The van der Waals surface area contributed by atoms with Gasteiger partial charge in [0.2, 0.25) is 0 Å². The van der Waals surface area contributed by atoms with Crippen LogP contribution in [-0.2, 0) is 0 Å². The molecular weight excluding hydrogens is 246 g/mol. The number of anilines is 1. The molecule has 0 bridgehead atoms. The molecule has 0 amide bonds. The lowest BCUT2D eigenvalue weighted by molar-refractivity contribution is 0.415. The molecule has 0 fully saturated rings. The summed E-state index contributed by atoms with van der Waals surface area (Å²) in [6.45, 7) is 4.31. The lowest BCUT2D eigenvalue weighted by Crippen LogP contribution is -2.16. The topological polar surface area (TPSA) is 21.3 Å². The first-order valence-corrected chi connectivity index (χ1v) is 6.83. The molecule has 20 heavy (non-hydrogen) atoms. The van der Waals surface area contributed by atoms with Gasteiger partial charge in [-0.2, -0.15) is 0 Å². The molecule has 0 aromatic heterocycles. The summed E-state index contributed by atoms with van der Waals surface area (Å²) in [6, 6.07) is 18.6. The third-order valence-electron chi connectivity index (χ3n) is 3.35. The molecule has 2 aromatic carbocycles. The van der Waals surface area contributed by atoms with Crippen LogP contribution in [0.3, 0.4) is 0 Å². The average Bonchev–Trinajstić information content (AvgIpc) is 2.49. The van der Waals surface area contributed by atoms with Gasteiger partial charge in [0.05, 0.1) is 7.11 Å². The zero-order chi connectivity index (χ0) is 14.4. The van der Waals surface area contributed by atoms with Gasteiger partial charge < -0.3 is 10.1 Å². The van der Waals surface area contributed by atoms with Crippen molar-refractivity contribution in [2.45, 2.75) is 19.9 Å². The second-order valence-electron chi connectivity index (χ2n) is 4.89. The summed E-state index contributed by atoms with van der Waals surface area (Å²) in [5, 5.41) is 3.49. The first-order chi connectivity index (χ1) is 9.69. The van der Waals surface area contributed by atoms with Gasteiger partial charge in [-0.1, -0.05) is 42.0 Å². The minimum absolute atomic E-state index is 0.281. The van der Waals surface area contributed by atoms with E-state index in [4.69, 9.17) is 4.74 Å². The number of rotatable bonds is 5. The summed E-state index contributed by atoms with van der Waals surface area (Å²) in [7, 11) is 1.68. The molecule has 0 radical (unpaired) electrons. The molecule has 104 valence electrons. The third-order valence-corrected chi connectivity index (χ3v) is 3.35. The van der Waals surface area contributed by atoms with Crippen molar-refractivity contribution >= 4 is 11.8 Å². The second kappa shape index (κ2) is 6.80. The molecule has 0 saturated heterocycles. The molecule has 1 N–H and O–H groups in total. The molecule has 0 aliphatic rings. The fourth-order valence-corrected chi connectivity index (χ4v) is 1.99. The quantitative estimate of drug-likeness (QED) is 0.855. The van der Waals surface area contributed by atoms with Crippen LogP contribution < -0.4 is 10.1 Å². The normalized spacial score (nSPS) is 12.8. The maximum atomic E-state index is 5.16. The minimum Gasteiger partial charge on any atom is -0.497 e. The number of ether oxygens (including phenoxy) is 1. The van der Waals surface area contributed by atoms with Gasteiger partial charge in [-0.3, -0.25) is 0 Å². The van der Waals surface area contributed by atoms with Crippen LogP contribution in [0.1, 0.15) is 19.4 Å². The molecule has 0 aliphatic carbocycles. The lowest BCUT2D eigenvalue weighted by Gasteiger charge is -2.16. The van der Waals surface area contributed by atoms with Crippen molar-refractivity contribution in [2.75, 3.05) is 12.4 Å². The maximum Gasteiger partial charge on any atom is 0.119 e. The van der Waals surface area contributed by atoms with Crippen LogP contribution in [-0.4, -0.2) is 13.2 Å². The van der Waals surface area contributed by atoms with E-state index < -0.39 is 0 Å². The van der Waals surface area contributed by atoms with Gasteiger partial charge in [0, 0.05) is 11.7 Å². The van der Waals surface area contributed by atoms with E-state index in [-0.39, 0.29) is 6.04 Å². The Labute approximate surface area is 121 Å². The monoisotopic (exact) mass is 267 g/mol. The van der Waals surface area contributed by atoms with E-state index >= 15 is 0 Å². The Kier molecular flexibility index (Phi) is 4.83. The fourth-order valence-electron chi connectivity index (χ4n) is 1.99. The summed E-state index contributed by atoms with van der Waals surface area (Å²) >= 11 is 0. The van der Waals surface area contributed by atoms with Crippen molar-refractivity contribution in [1.29, 1.82) is 0 Å². The zero-order valence-electron chi connectivity index (χ0n) is 12.3. The highest BCUT2D eigenvalue weighted by Crippen LogP contribution is 2.18. The fraction of sp³-hybridized carbons (Fsp3) is 0.222. The predicted octanol–water partition coefficient (Wildman–Crippen LogP) is 4.60. The smallest absolute Gasteiger partial charge is 0.119 e. The Balaban J connectivity index is 2.03. The van der Waals surface area contributed by atoms with Crippen molar-refractivity contribution in [3.63, 3.8) is 0 Å². The van der Waals surface area contributed by atoms with Crippen LogP contribution in [0, 0.1) is 0 Å². The van der Waals surface area contributed by atoms with Gasteiger partial charge in [0.15, 0.2) is 0 Å². The van der Waals surface area contributed by atoms with E-state index in [0.717, 1.165) is 11.4 Å². The lowest BCUT2D eigenvalue weighted by atomic mass is 10.1. The highest BCUT2D eigenvalue weighted by molar-refractivity contribution is 5.56. The maximum absolute atomic E-state index is 5.16. The Bertz CT molecular complexity index is 558. The van der Waals surface area contributed by atoms with Gasteiger partial charge in [-0.05, 0) is 43.7 Å². The van der Waals surface area contributed by atoms with Gasteiger partial charge in [0.25, 0.3) is 0 Å². The SMILES string of the molecule is COc1ccc(N[C@@H](C)/C(C)=C/c2ccccc2)cc1. The molecule has 2 nitrogen and oxygen atoms in total. The molecule has 0 unspecified atom stereocenters. The highest BCUT2D eigenvalue weighted by atomic mass is 16.5. The van der Waals surface area contributed by atoms with Crippen molar-refractivity contribution < 1.29 is 4.74 Å². The van der Waals surface area contributed by atoms with E-state index in [1.807, 2.05) is 30.3 Å². The molecule has 2 rings (SSSR count). The van der Waals surface area contributed by atoms with E-state index in [1.54, 1.807) is 7.11 Å². The number of hydrogen-bond donors (Lipinski definition) is 1. The average molecular weight is 267 g/mol. The van der Waals surface area contributed by atoms with Crippen LogP contribution >= 0.6 is 0 Å². The van der Waals surface area contributed by atoms with E-state index in [9.17, 15) is 0 Å². The van der Waals surface area contributed by atoms with E-state index in [2.05, 4.69) is 49.5 Å². The molecule has 2 heteroatoms. The standard InChI is InChI=1S/C18H21NO/c1-14(13-16-7-5-4-6-8-16)15(2)19-17-9-11-18(20-3)12-10-17/h4-13,15,19H,1-3H3/b14-13+/t15-/m0/s1. The Hall–Kier alpha value is -2.22. The predicted molar refractivity (Wildman–Crippen MR) is 86.2 cm³/mol. The van der Waals surface area contributed by atoms with Gasteiger partial charge >= 0.3 is 0 Å². The number of methoxy groups -OCH3 is 1. The van der Waals surface area contributed by atoms with Crippen molar-refractivity contribution in [3.8, 4) is 5.75 Å². The second-order valence-corrected chi connectivity index (χ2v) is 4.89. The number of nitrogens with one attached hydrogen (secondary N) is 1. The Morgan fingerprint density at radius 1 is 1.05 bits per heavy atom. The van der Waals surface area contributed by atoms with Crippen molar-refractivity contribution in [2.24, 2.45) is 0 Å². The van der Waals surface area contributed by atoms with Crippen LogP contribution in [0.15, 0.2) is 60.2 Å². The molecule has 2 aromatic rings. The highest BCUT2D eigenvalue weighted by Gasteiger charge is 2.04. The van der Waals surface area contributed by atoms with Crippen LogP contribution in [0.4, 0.5) is 5.69 Å². The van der Waals surface area contributed by atoms with Crippen molar-refractivity contribution in [3.05, 3.63) is 65.7 Å². The summed E-state index contributed by atoms with van der Waals surface area (Å²) in [6.07, 6.45) is 2.21. The van der Waals surface area contributed by atoms with Gasteiger partial charge in [-0.15, -0.1) is 0 Å². The first-order valence-electron chi connectivity index (χ1n) is 6.83. The molecule has 0 aliphatic heterocycles. The molecule has 0 saturated carbocycles. The summed E-state index contributed by atoms with van der Waals surface area (Å²) < 4.78 is 5.16. The third kappa shape index (κ3) is 3.89. The Morgan fingerprint density at radius 2 is 1.70 bits per heavy atom. The van der Waals surface area contributed by atoms with Crippen LogP contribution in [0.2, 0.25) is 0 Å². The largest absolute Gasteiger partial charge is 0.497 e. The first kappa shape index (κ1) is 14.2.